The Bertz CT molecular complexity index is 543. The van der Waals surface area contributed by atoms with E-state index in [2.05, 4.69) is 25.2 Å². The van der Waals surface area contributed by atoms with Crippen LogP contribution in [0.1, 0.15) is 56.2 Å². The van der Waals surface area contributed by atoms with Gasteiger partial charge >= 0.3 is 0 Å². The third-order valence-electron chi connectivity index (χ3n) is 4.95. The van der Waals surface area contributed by atoms with Gasteiger partial charge in [-0.1, -0.05) is 13.0 Å². The second kappa shape index (κ2) is 6.72. The number of benzene rings is 1. The van der Waals surface area contributed by atoms with Crippen molar-refractivity contribution in [1.82, 2.24) is 5.32 Å². The van der Waals surface area contributed by atoms with E-state index in [9.17, 15) is 4.79 Å². The van der Waals surface area contributed by atoms with E-state index in [1.165, 1.54) is 12.8 Å². The van der Waals surface area contributed by atoms with Crippen molar-refractivity contribution in [3.8, 4) is 5.75 Å². The lowest BCUT2D eigenvalue weighted by atomic mass is 9.78. The van der Waals surface area contributed by atoms with Gasteiger partial charge in [-0.3, -0.25) is 4.79 Å². The van der Waals surface area contributed by atoms with Gasteiger partial charge in [0.15, 0.2) is 0 Å². The standard InChI is InChI=1S/C19H29NO2/c1-13-6-8-19(4,9-7-13)20-18(21)12-16-15(3)10-14(2)11-17(16)22-5/h10-11,13H,6-9,12H2,1-5H3,(H,20,21). The van der Waals surface area contributed by atoms with Crippen molar-refractivity contribution in [3.05, 3.63) is 28.8 Å². The van der Waals surface area contributed by atoms with Crippen LogP contribution in [0.15, 0.2) is 12.1 Å². The number of aryl methyl sites for hydroxylation is 2. The average Bonchev–Trinajstić information content (AvgIpc) is 2.45. The van der Waals surface area contributed by atoms with Gasteiger partial charge in [0, 0.05) is 11.1 Å². The van der Waals surface area contributed by atoms with Crippen molar-refractivity contribution in [1.29, 1.82) is 0 Å². The highest BCUT2D eigenvalue weighted by molar-refractivity contribution is 5.80. The molecule has 1 aliphatic rings. The summed E-state index contributed by atoms with van der Waals surface area (Å²) in [6, 6.07) is 4.11. The molecule has 2 rings (SSSR count). The van der Waals surface area contributed by atoms with Gasteiger partial charge in [-0.2, -0.15) is 0 Å². The highest BCUT2D eigenvalue weighted by atomic mass is 16.5. The predicted octanol–water partition coefficient (Wildman–Crippen LogP) is 3.94. The summed E-state index contributed by atoms with van der Waals surface area (Å²) in [6.07, 6.45) is 4.93. The van der Waals surface area contributed by atoms with E-state index in [1.54, 1.807) is 7.11 Å². The van der Waals surface area contributed by atoms with Crippen LogP contribution in [0.3, 0.4) is 0 Å². The number of ether oxygens (including phenoxy) is 1. The Kier molecular flexibility index (Phi) is 5.15. The molecule has 0 spiro atoms. The number of nitrogens with one attached hydrogen (secondary N) is 1. The lowest BCUT2D eigenvalue weighted by Crippen LogP contribution is -2.48. The number of amides is 1. The third-order valence-corrected chi connectivity index (χ3v) is 4.95. The van der Waals surface area contributed by atoms with E-state index < -0.39 is 0 Å². The first-order valence-electron chi connectivity index (χ1n) is 8.28. The van der Waals surface area contributed by atoms with Gasteiger partial charge in [0.05, 0.1) is 13.5 Å². The van der Waals surface area contributed by atoms with E-state index >= 15 is 0 Å². The minimum Gasteiger partial charge on any atom is -0.496 e. The van der Waals surface area contributed by atoms with Gasteiger partial charge in [-0.15, -0.1) is 0 Å². The Labute approximate surface area is 134 Å². The van der Waals surface area contributed by atoms with Crippen LogP contribution in [0.25, 0.3) is 0 Å². The van der Waals surface area contributed by atoms with Crippen molar-refractivity contribution < 1.29 is 9.53 Å². The molecule has 1 amide bonds. The van der Waals surface area contributed by atoms with Crippen LogP contribution in [0, 0.1) is 19.8 Å². The van der Waals surface area contributed by atoms with Crippen molar-refractivity contribution in [2.24, 2.45) is 5.92 Å². The zero-order chi connectivity index (χ0) is 16.3. The van der Waals surface area contributed by atoms with Crippen LogP contribution in [0.2, 0.25) is 0 Å². The summed E-state index contributed by atoms with van der Waals surface area (Å²) in [7, 11) is 1.67. The normalized spacial score (nSPS) is 24.9. The molecule has 0 saturated heterocycles. The van der Waals surface area contributed by atoms with Gasteiger partial charge in [0.2, 0.25) is 5.91 Å². The Balaban J connectivity index is 2.06. The lowest BCUT2D eigenvalue weighted by Gasteiger charge is -2.37. The van der Waals surface area contributed by atoms with Crippen LogP contribution in [0.4, 0.5) is 0 Å². The maximum atomic E-state index is 12.5. The second-order valence-electron chi connectivity index (χ2n) is 7.23. The Morgan fingerprint density at radius 3 is 2.55 bits per heavy atom. The molecule has 1 aromatic carbocycles. The maximum Gasteiger partial charge on any atom is 0.224 e. The Hall–Kier alpha value is -1.51. The SMILES string of the molecule is COc1cc(C)cc(C)c1CC(=O)NC1(C)CCC(C)CC1. The summed E-state index contributed by atoms with van der Waals surface area (Å²) < 4.78 is 5.46. The number of carbonyl (C=O) groups is 1. The highest BCUT2D eigenvalue weighted by Gasteiger charge is 2.31. The third kappa shape index (κ3) is 4.02. The van der Waals surface area contributed by atoms with Gasteiger partial charge < -0.3 is 10.1 Å². The Morgan fingerprint density at radius 2 is 1.95 bits per heavy atom. The molecule has 0 aromatic heterocycles. The van der Waals surface area contributed by atoms with E-state index in [0.717, 1.165) is 41.2 Å². The van der Waals surface area contributed by atoms with E-state index in [4.69, 9.17) is 4.74 Å². The summed E-state index contributed by atoms with van der Waals surface area (Å²) >= 11 is 0. The lowest BCUT2D eigenvalue weighted by molar-refractivity contribution is -0.122. The van der Waals surface area contributed by atoms with Gasteiger partial charge in [0.1, 0.15) is 5.75 Å². The van der Waals surface area contributed by atoms with Crippen molar-refractivity contribution in [2.45, 2.75) is 65.3 Å². The van der Waals surface area contributed by atoms with Crippen molar-refractivity contribution >= 4 is 5.91 Å². The average molecular weight is 303 g/mol. The monoisotopic (exact) mass is 303 g/mol. The molecule has 22 heavy (non-hydrogen) atoms. The van der Waals surface area contributed by atoms with Crippen LogP contribution in [-0.2, 0) is 11.2 Å². The zero-order valence-corrected chi connectivity index (χ0v) is 14.6. The molecule has 0 atom stereocenters. The molecular formula is C19H29NO2. The first-order valence-corrected chi connectivity index (χ1v) is 8.28. The molecular weight excluding hydrogens is 274 g/mol. The first kappa shape index (κ1) is 16.9. The van der Waals surface area contributed by atoms with E-state index in [-0.39, 0.29) is 11.4 Å². The molecule has 122 valence electrons. The molecule has 1 aliphatic carbocycles. The number of methoxy groups -OCH3 is 1. The topological polar surface area (TPSA) is 38.3 Å². The van der Waals surface area contributed by atoms with Crippen LogP contribution in [-0.4, -0.2) is 18.6 Å². The minimum atomic E-state index is -0.0462. The molecule has 0 bridgehead atoms. The molecule has 3 nitrogen and oxygen atoms in total. The fraction of sp³-hybridized carbons (Fsp3) is 0.632. The number of carbonyl (C=O) groups excluding carboxylic acids is 1. The number of hydrogen-bond acceptors (Lipinski definition) is 2. The maximum absolute atomic E-state index is 12.5. The van der Waals surface area contributed by atoms with Gasteiger partial charge in [-0.25, -0.2) is 0 Å². The zero-order valence-electron chi connectivity index (χ0n) is 14.6. The molecule has 3 heteroatoms. The largest absolute Gasteiger partial charge is 0.496 e. The van der Waals surface area contributed by atoms with Crippen molar-refractivity contribution in [2.75, 3.05) is 7.11 Å². The quantitative estimate of drug-likeness (QED) is 0.915. The summed E-state index contributed by atoms with van der Waals surface area (Å²) in [4.78, 5) is 12.5. The van der Waals surface area contributed by atoms with Gasteiger partial charge in [0.25, 0.3) is 0 Å². The van der Waals surface area contributed by atoms with Crippen LogP contribution >= 0.6 is 0 Å². The smallest absolute Gasteiger partial charge is 0.224 e. The fourth-order valence-electron chi connectivity index (χ4n) is 3.43. The molecule has 0 aliphatic heterocycles. The summed E-state index contributed by atoms with van der Waals surface area (Å²) in [5.41, 5.74) is 3.23. The highest BCUT2D eigenvalue weighted by Crippen LogP contribution is 2.32. The predicted molar refractivity (Wildman–Crippen MR) is 90.4 cm³/mol. The summed E-state index contributed by atoms with van der Waals surface area (Å²) in [6.45, 7) is 8.56. The van der Waals surface area contributed by atoms with Crippen LogP contribution < -0.4 is 10.1 Å². The molecule has 1 fully saturated rings. The van der Waals surface area contributed by atoms with E-state index in [1.807, 2.05) is 19.9 Å². The minimum absolute atomic E-state index is 0.0462. The summed E-state index contributed by atoms with van der Waals surface area (Å²) in [5.74, 6) is 1.70. The molecule has 1 N–H and O–H groups in total. The molecule has 0 heterocycles. The molecule has 0 radical (unpaired) electrons. The molecule has 1 saturated carbocycles. The number of hydrogen-bond donors (Lipinski definition) is 1. The van der Waals surface area contributed by atoms with E-state index in [0.29, 0.717) is 6.42 Å². The fourth-order valence-corrected chi connectivity index (χ4v) is 3.43. The number of rotatable bonds is 4. The van der Waals surface area contributed by atoms with Crippen molar-refractivity contribution in [3.63, 3.8) is 0 Å². The second-order valence-corrected chi connectivity index (χ2v) is 7.23. The molecule has 0 unspecified atom stereocenters. The van der Waals surface area contributed by atoms with Gasteiger partial charge in [-0.05, 0) is 69.6 Å². The first-order chi connectivity index (χ1) is 10.3. The van der Waals surface area contributed by atoms with Crippen LogP contribution in [0.5, 0.6) is 5.75 Å². The molecule has 1 aromatic rings. The Morgan fingerprint density at radius 1 is 1.32 bits per heavy atom. The summed E-state index contributed by atoms with van der Waals surface area (Å²) in [5, 5.41) is 3.26.